The van der Waals surface area contributed by atoms with Crippen molar-refractivity contribution in [1.29, 1.82) is 0 Å². The van der Waals surface area contributed by atoms with Gasteiger partial charge in [0.25, 0.3) is 5.56 Å². The lowest BCUT2D eigenvalue weighted by molar-refractivity contribution is -0.0357. The fourth-order valence-corrected chi connectivity index (χ4v) is 3.24. The number of rotatable bonds is 4. The molecule has 0 radical (unpaired) electrons. The second-order valence-electron chi connectivity index (χ2n) is 6.22. The van der Waals surface area contributed by atoms with Gasteiger partial charge in [0, 0.05) is 24.7 Å². The molecule has 2 N–H and O–H groups in total. The zero-order valence-corrected chi connectivity index (χ0v) is 12.9. The minimum atomic E-state index is -1.32. The van der Waals surface area contributed by atoms with Gasteiger partial charge in [0.1, 0.15) is 18.5 Å². The number of ether oxygens (including phenoxy) is 1. The first-order valence-corrected chi connectivity index (χ1v) is 8.05. The summed E-state index contributed by atoms with van der Waals surface area (Å²) in [5, 5.41) is 9.07. The summed E-state index contributed by atoms with van der Waals surface area (Å²) in [5.41, 5.74) is -0.559. The van der Waals surface area contributed by atoms with Crippen molar-refractivity contribution in [3.05, 3.63) is 32.6 Å². The van der Waals surface area contributed by atoms with E-state index in [9.17, 15) is 14.0 Å². The van der Waals surface area contributed by atoms with Crippen LogP contribution in [-0.4, -0.2) is 51.5 Å². The van der Waals surface area contributed by atoms with Gasteiger partial charge in [-0.15, -0.1) is 0 Å². The number of H-pyrrole nitrogens is 1. The zero-order valence-electron chi connectivity index (χ0n) is 12.9. The largest absolute Gasteiger partial charge is 0.394 e. The number of alkyl halides is 1. The molecule has 0 unspecified atom stereocenters. The van der Waals surface area contributed by atoms with Gasteiger partial charge in [-0.25, -0.2) is 9.18 Å². The monoisotopic (exact) mass is 327 g/mol. The Bertz CT molecular complexity index is 653. The van der Waals surface area contributed by atoms with Gasteiger partial charge in [-0.1, -0.05) is 6.42 Å². The molecule has 3 rings (SSSR count). The molecule has 7 nitrogen and oxygen atoms in total. The van der Waals surface area contributed by atoms with E-state index in [0.717, 1.165) is 25.9 Å². The molecular formula is C15H22FN3O4. The summed E-state index contributed by atoms with van der Waals surface area (Å²) >= 11 is 0. The summed E-state index contributed by atoms with van der Waals surface area (Å²) in [5.74, 6) is 0. The molecule has 1 aromatic rings. The molecule has 0 spiro atoms. The highest BCUT2D eigenvalue weighted by Crippen LogP contribution is 2.29. The smallest absolute Gasteiger partial charge is 0.330 e. The van der Waals surface area contributed by atoms with Gasteiger partial charge in [0.05, 0.1) is 6.61 Å². The van der Waals surface area contributed by atoms with Gasteiger partial charge in [0.15, 0.2) is 0 Å². The quantitative estimate of drug-likeness (QED) is 0.821. The Morgan fingerprint density at radius 2 is 2.04 bits per heavy atom. The van der Waals surface area contributed by atoms with E-state index < -0.39 is 36.4 Å². The Morgan fingerprint density at radius 3 is 2.70 bits per heavy atom. The third-order valence-electron chi connectivity index (χ3n) is 4.54. The molecule has 0 aromatic carbocycles. The van der Waals surface area contributed by atoms with Crippen LogP contribution in [0, 0.1) is 0 Å². The van der Waals surface area contributed by atoms with E-state index in [0.29, 0.717) is 12.1 Å². The lowest BCUT2D eigenvalue weighted by atomic mass is 10.1. The van der Waals surface area contributed by atoms with E-state index in [4.69, 9.17) is 9.84 Å². The first kappa shape index (κ1) is 16.4. The summed E-state index contributed by atoms with van der Waals surface area (Å²) in [4.78, 5) is 28.5. The number of aromatic nitrogens is 2. The number of aliphatic hydroxyl groups excluding tert-OH is 1. The summed E-state index contributed by atoms with van der Waals surface area (Å²) < 4.78 is 20.3. The summed E-state index contributed by atoms with van der Waals surface area (Å²) in [6, 6.07) is 0. The summed E-state index contributed by atoms with van der Waals surface area (Å²) in [7, 11) is 0. The van der Waals surface area contributed by atoms with Crippen LogP contribution in [0.1, 0.15) is 37.5 Å². The maximum atomic E-state index is 13.7. The minimum absolute atomic E-state index is 0.0136. The van der Waals surface area contributed by atoms with Crippen LogP contribution < -0.4 is 11.2 Å². The summed E-state index contributed by atoms with van der Waals surface area (Å²) in [6.45, 7) is 1.89. The van der Waals surface area contributed by atoms with Crippen molar-refractivity contribution in [3.63, 3.8) is 0 Å². The molecule has 128 valence electrons. The Balaban J connectivity index is 1.82. The van der Waals surface area contributed by atoms with Gasteiger partial charge in [-0.2, -0.15) is 0 Å². The van der Waals surface area contributed by atoms with Crippen LogP contribution in [-0.2, 0) is 11.3 Å². The van der Waals surface area contributed by atoms with Gasteiger partial charge in [-0.05, 0) is 25.9 Å². The van der Waals surface area contributed by atoms with E-state index in [2.05, 4.69) is 9.88 Å². The first-order valence-electron chi connectivity index (χ1n) is 8.05. The van der Waals surface area contributed by atoms with Crippen LogP contribution in [0.25, 0.3) is 0 Å². The third kappa shape index (κ3) is 3.54. The first-order chi connectivity index (χ1) is 11.1. The van der Waals surface area contributed by atoms with E-state index in [1.807, 2.05) is 0 Å². The molecule has 2 fully saturated rings. The predicted octanol–water partition coefficient (Wildman–Crippen LogP) is 0.140. The molecular weight excluding hydrogens is 305 g/mol. The standard InChI is InChI=1S/C15H22FN3O4/c16-11-6-13(23-12(11)9-20)19-8-10(14(21)17-15(19)22)7-18-4-2-1-3-5-18/h8,11-13,20H,1-7,9H2,(H,17,21,22)/t11-,12+,13-/m0/s1. The number of piperidine rings is 1. The minimum Gasteiger partial charge on any atom is -0.394 e. The van der Waals surface area contributed by atoms with Crippen molar-refractivity contribution < 1.29 is 14.2 Å². The van der Waals surface area contributed by atoms with E-state index in [1.54, 1.807) is 0 Å². The van der Waals surface area contributed by atoms with Crippen molar-refractivity contribution >= 4 is 0 Å². The number of nitrogens with zero attached hydrogens (tertiary/aromatic N) is 2. The molecule has 23 heavy (non-hydrogen) atoms. The molecule has 2 aliphatic rings. The Hall–Kier alpha value is -1.51. The van der Waals surface area contributed by atoms with Crippen LogP contribution in [0.4, 0.5) is 4.39 Å². The highest BCUT2D eigenvalue weighted by atomic mass is 19.1. The van der Waals surface area contributed by atoms with Crippen molar-refractivity contribution in [3.8, 4) is 0 Å². The van der Waals surface area contributed by atoms with Crippen molar-refractivity contribution in [2.75, 3.05) is 19.7 Å². The van der Waals surface area contributed by atoms with E-state index in [-0.39, 0.29) is 6.42 Å². The molecule has 0 bridgehead atoms. The predicted molar refractivity (Wildman–Crippen MR) is 81.0 cm³/mol. The normalized spacial score (nSPS) is 29.0. The second kappa shape index (κ2) is 6.94. The number of likely N-dealkylation sites (tertiary alicyclic amines) is 1. The fourth-order valence-electron chi connectivity index (χ4n) is 3.24. The van der Waals surface area contributed by atoms with Gasteiger partial charge < -0.3 is 9.84 Å². The molecule has 0 amide bonds. The van der Waals surface area contributed by atoms with Crippen LogP contribution in [0.3, 0.4) is 0 Å². The zero-order chi connectivity index (χ0) is 16.4. The molecule has 2 saturated heterocycles. The third-order valence-corrected chi connectivity index (χ3v) is 4.54. The number of hydrogen-bond acceptors (Lipinski definition) is 5. The van der Waals surface area contributed by atoms with Crippen LogP contribution in [0.15, 0.2) is 15.8 Å². The second-order valence-corrected chi connectivity index (χ2v) is 6.22. The van der Waals surface area contributed by atoms with Crippen LogP contribution in [0.5, 0.6) is 0 Å². The molecule has 3 heterocycles. The maximum Gasteiger partial charge on any atom is 0.330 e. The Kier molecular flexibility index (Phi) is 4.93. The van der Waals surface area contributed by atoms with Crippen LogP contribution in [0.2, 0.25) is 0 Å². The topological polar surface area (TPSA) is 87.6 Å². The number of hydrogen-bond donors (Lipinski definition) is 2. The molecule has 2 aliphatic heterocycles. The van der Waals surface area contributed by atoms with Crippen molar-refractivity contribution in [2.24, 2.45) is 0 Å². The molecule has 0 saturated carbocycles. The number of nitrogens with one attached hydrogen (secondary N) is 1. The highest BCUT2D eigenvalue weighted by molar-refractivity contribution is 5.05. The number of aliphatic hydroxyl groups is 1. The van der Waals surface area contributed by atoms with Gasteiger partial charge in [0.2, 0.25) is 0 Å². The molecule has 3 atom stereocenters. The fraction of sp³-hybridized carbons (Fsp3) is 0.733. The SMILES string of the molecule is O=c1[nH]c(=O)n([C@@H]2C[C@H](F)[C@@H](CO)O2)cc1CN1CCCCC1. The van der Waals surface area contributed by atoms with Gasteiger partial charge >= 0.3 is 5.69 Å². The van der Waals surface area contributed by atoms with Gasteiger partial charge in [-0.3, -0.25) is 19.2 Å². The molecule has 1 aromatic heterocycles. The van der Waals surface area contributed by atoms with E-state index >= 15 is 0 Å². The lowest BCUT2D eigenvalue weighted by Gasteiger charge is -2.26. The maximum absolute atomic E-state index is 13.7. The lowest BCUT2D eigenvalue weighted by Crippen LogP contribution is -2.37. The van der Waals surface area contributed by atoms with E-state index in [1.165, 1.54) is 17.2 Å². The Labute approximate surface area is 132 Å². The number of halogens is 1. The highest BCUT2D eigenvalue weighted by Gasteiger charge is 2.36. The molecule has 8 heteroatoms. The Morgan fingerprint density at radius 1 is 1.30 bits per heavy atom. The van der Waals surface area contributed by atoms with Crippen LogP contribution >= 0.6 is 0 Å². The number of aromatic amines is 1. The summed E-state index contributed by atoms with van der Waals surface area (Å²) in [6.07, 6.45) is 1.80. The average molecular weight is 327 g/mol. The molecule has 0 aliphatic carbocycles. The average Bonchev–Trinajstić information content (AvgIpc) is 2.91. The van der Waals surface area contributed by atoms with Crippen molar-refractivity contribution in [2.45, 2.75) is 50.7 Å². The van der Waals surface area contributed by atoms with Crippen molar-refractivity contribution in [1.82, 2.24) is 14.5 Å².